The van der Waals surface area contributed by atoms with Crippen molar-refractivity contribution in [2.24, 2.45) is 5.73 Å². The molecule has 0 rings (SSSR count). The van der Waals surface area contributed by atoms with E-state index < -0.39 is 37.3 Å². The maximum absolute atomic E-state index is 11.9. The van der Waals surface area contributed by atoms with Gasteiger partial charge in [-0.2, -0.15) is 39.5 Å². The van der Waals surface area contributed by atoms with Crippen LogP contribution in [0.1, 0.15) is 0 Å². The van der Waals surface area contributed by atoms with Gasteiger partial charge in [0.1, 0.15) is 0 Å². The number of rotatable bonds is 3. The second-order valence-electron chi connectivity index (χ2n) is 2.87. The van der Waals surface area contributed by atoms with Crippen LogP contribution in [0, 0.1) is 0 Å². The normalized spacial score (nSPS) is 16.4. The van der Waals surface area contributed by atoms with Crippen LogP contribution in [0.5, 0.6) is 0 Å². The minimum atomic E-state index is -6.00. The molecule has 0 aromatic carbocycles. The van der Waals surface area contributed by atoms with E-state index in [1.807, 2.05) is 0 Å². The molecule has 0 amide bonds. The van der Waals surface area contributed by atoms with Gasteiger partial charge < -0.3 is 10.5 Å². The molecule has 0 aromatic heterocycles. The van der Waals surface area contributed by atoms with Gasteiger partial charge in [-0.3, -0.25) is 0 Å². The van der Waals surface area contributed by atoms with Crippen molar-refractivity contribution in [2.75, 3.05) is 6.54 Å². The molecule has 2 nitrogen and oxygen atoms in total. The highest BCUT2D eigenvalue weighted by atomic mass is 19.4. The van der Waals surface area contributed by atoms with E-state index >= 15 is 0 Å². The summed E-state index contributed by atoms with van der Waals surface area (Å²) in [5, 5.41) is 0. The maximum atomic E-state index is 11.9. The molecule has 0 aliphatic heterocycles. The van der Waals surface area contributed by atoms with Gasteiger partial charge in [0.15, 0.2) is 6.10 Å². The minimum absolute atomic E-state index is 1.55. The van der Waals surface area contributed by atoms with E-state index in [0.717, 1.165) is 0 Å². The molecular formula is C6H6F9NO. The Bertz CT molecular complexity index is 227. The highest BCUT2D eigenvalue weighted by Gasteiger charge is 2.60. The fraction of sp³-hybridized carbons (Fsp3) is 1.00. The molecule has 0 fully saturated rings. The van der Waals surface area contributed by atoms with Crippen molar-refractivity contribution in [3.63, 3.8) is 0 Å². The van der Waals surface area contributed by atoms with Crippen molar-refractivity contribution < 1.29 is 44.3 Å². The average Bonchev–Trinajstić information content (AvgIpc) is 1.97. The zero-order valence-electron chi connectivity index (χ0n) is 7.75. The van der Waals surface area contributed by atoms with Crippen LogP contribution in [-0.4, -0.2) is 37.3 Å². The smallest absolute Gasteiger partial charge is 0.347 e. The third-order valence-electron chi connectivity index (χ3n) is 1.47. The number of hydrogen-bond donors (Lipinski definition) is 1. The summed E-state index contributed by atoms with van der Waals surface area (Å²) in [4.78, 5) is 0. The Morgan fingerprint density at radius 3 is 1.29 bits per heavy atom. The summed E-state index contributed by atoms with van der Waals surface area (Å²) in [6.45, 7) is -1.55. The molecule has 11 heteroatoms. The standard InChI is InChI=1S/C6H6F9NO/c7-4(8,9)2(1-16)17-3(5(10,11)12)6(13,14)15/h2-3H,1,16H2. The first kappa shape index (κ1) is 16.3. The van der Waals surface area contributed by atoms with E-state index in [1.165, 1.54) is 0 Å². The Hall–Kier alpha value is -0.710. The van der Waals surface area contributed by atoms with E-state index in [1.54, 1.807) is 0 Å². The van der Waals surface area contributed by atoms with Crippen LogP contribution in [0.15, 0.2) is 0 Å². The SMILES string of the molecule is NCC(OC(C(F)(F)F)C(F)(F)F)C(F)(F)F. The van der Waals surface area contributed by atoms with E-state index in [2.05, 4.69) is 10.5 Å². The van der Waals surface area contributed by atoms with Crippen LogP contribution < -0.4 is 5.73 Å². The second kappa shape index (κ2) is 4.88. The van der Waals surface area contributed by atoms with Crippen LogP contribution >= 0.6 is 0 Å². The lowest BCUT2D eigenvalue weighted by molar-refractivity contribution is -0.352. The first-order valence-corrected chi connectivity index (χ1v) is 3.85. The number of nitrogens with two attached hydrogens (primary N) is 1. The Morgan fingerprint density at radius 1 is 0.765 bits per heavy atom. The maximum Gasteiger partial charge on any atom is 0.423 e. The van der Waals surface area contributed by atoms with Gasteiger partial charge in [-0.15, -0.1) is 0 Å². The quantitative estimate of drug-likeness (QED) is 0.805. The fourth-order valence-corrected chi connectivity index (χ4v) is 0.770. The molecule has 0 spiro atoms. The zero-order valence-corrected chi connectivity index (χ0v) is 7.75. The van der Waals surface area contributed by atoms with Crippen molar-refractivity contribution >= 4 is 0 Å². The van der Waals surface area contributed by atoms with Crippen molar-refractivity contribution in [3.05, 3.63) is 0 Å². The number of hydrogen-bond acceptors (Lipinski definition) is 2. The summed E-state index contributed by atoms with van der Waals surface area (Å²) < 4.78 is 110. The highest BCUT2D eigenvalue weighted by Crippen LogP contribution is 2.38. The lowest BCUT2D eigenvalue weighted by Crippen LogP contribution is -2.51. The number of halogens is 9. The Balaban J connectivity index is 5.01. The predicted molar refractivity (Wildman–Crippen MR) is 35.9 cm³/mol. The van der Waals surface area contributed by atoms with Crippen LogP contribution in [0.4, 0.5) is 39.5 Å². The fourth-order valence-electron chi connectivity index (χ4n) is 0.770. The Morgan fingerprint density at radius 2 is 1.12 bits per heavy atom. The molecule has 0 heterocycles. The Kier molecular flexibility index (Phi) is 4.68. The van der Waals surface area contributed by atoms with Gasteiger partial charge in [0, 0.05) is 6.54 Å². The lowest BCUT2D eigenvalue weighted by atomic mass is 10.3. The number of ether oxygens (including phenoxy) is 1. The van der Waals surface area contributed by atoms with Crippen molar-refractivity contribution in [1.82, 2.24) is 0 Å². The molecule has 0 aromatic rings. The summed E-state index contributed by atoms with van der Waals surface area (Å²) in [5.74, 6) is 0. The van der Waals surface area contributed by atoms with E-state index in [9.17, 15) is 39.5 Å². The van der Waals surface area contributed by atoms with Crippen molar-refractivity contribution in [1.29, 1.82) is 0 Å². The molecule has 1 atom stereocenters. The highest BCUT2D eigenvalue weighted by molar-refractivity contribution is 4.80. The zero-order chi connectivity index (χ0) is 14.1. The summed E-state index contributed by atoms with van der Waals surface area (Å²) >= 11 is 0. The van der Waals surface area contributed by atoms with Crippen molar-refractivity contribution in [2.45, 2.75) is 30.7 Å². The number of alkyl halides is 9. The first-order chi connectivity index (χ1) is 7.30. The summed E-state index contributed by atoms with van der Waals surface area (Å²) in [6.07, 6.45) is -25.3. The molecule has 0 saturated heterocycles. The minimum Gasteiger partial charge on any atom is -0.347 e. The molecule has 1 unspecified atom stereocenters. The average molecular weight is 279 g/mol. The van der Waals surface area contributed by atoms with Crippen LogP contribution in [-0.2, 0) is 4.74 Å². The summed E-state index contributed by atoms with van der Waals surface area (Å²) in [6, 6.07) is 0. The van der Waals surface area contributed by atoms with Gasteiger partial charge in [0.05, 0.1) is 0 Å². The van der Waals surface area contributed by atoms with E-state index in [4.69, 9.17) is 0 Å². The molecule has 0 radical (unpaired) electrons. The lowest BCUT2D eigenvalue weighted by Gasteiger charge is -2.28. The summed E-state index contributed by atoms with van der Waals surface area (Å²) in [7, 11) is 0. The molecule has 104 valence electrons. The molecular weight excluding hydrogens is 273 g/mol. The molecule has 0 bridgehead atoms. The summed E-state index contributed by atoms with van der Waals surface area (Å²) in [5.41, 5.74) is 4.41. The largest absolute Gasteiger partial charge is 0.423 e. The third kappa shape index (κ3) is 4.98. The van der Waals surface area contributed by atoms with Crippen LogP contribution in [0.2, 0.25) is 0 Å². The second-order valence-corrected chi connectivity index (χ2v) is 2.87. The Labute approximate surface area is 88.5 Å². The van der Waals surface area contributed by atoms with Gasteiger partial charge in [-0.1, -0.05) is 0 Å². The topological polar surface area (TPSA) is 35.2 Å². The monoisotopic (exact) mass is 279 g/mol. The predicted octanol–water partition coefficient (Wildman–Crippen LogP) is 2.39. The molecule has 0 aliphatic rings. The molecule has 0 aliphatic carbocycles. The van der Waals surface area contributed by atoms with Crippen molar-refractivity contribution in [3.8, 4) is 0 Å². The van der Waals surface area contributed by atoms with E-state index in [0.29, 0.717) is 0 Å². The van der Waals surface area contributed by atoms with Crippen LogP contribution in [0.25, 0.3) is 0 Å². The first-order valence-electron chi connectivity index (χ1n) is 3.85. The van der Waals surface area contributed by atoms with Gasteiger partial charge in [0.25, 0.3) is 0 Å². The van der Waals surface area contributed by atoms with Gasteiger partial charge in [-0.25, -0.2) is 0 Å². The van der Waals surface area contributed by atoms with Gasteiger partial charge in [-0.05, 0) is 0 Å². The molecule has 0 saturated carbocycles. The third-order valence-corrected chi connectivity index (χ3v) is 1.47. The molecule has 17 heavy (non-hydrogen) atoms. The van der Waals surface area contributed by atoms with E-state index in [-0.39, 0.29) is 0 Å². The molecule has 2 N–H and O–H groups in total. The van der Waals surface area contributed by atoms with Gasteiger partial charge >= 0.3 is 18.5 Å². The van der Waals surface area contributed by atoms with Gasteiger partial charge in [0.2, 0.25) is 6.10 Å². The van der Waals surface area contributed by atoms with Crippen LogP contribution in [0.3, 0.4) is 0 Å².